The third kappa shape index (κ3) is 10.2. The van der Waals surface area contributed by atoms with Gasteiger partial charge in [-0.15, -0.1) is 0 Å². The van der Waals surface area contributed by atoms with Crippen LogP contribution in [0.5, 0.6) is 0 Å². The average Bonchev–Trinajstić information content (AvgIpc) is 2.59. The topological polar surface area (TPSA) is 69.6 Å². The Morgan fingerprint density at radius 1 is 0.958 bits per heavy atom. The van der Waals surface area contributed by atoms with E-state index in [9.17, 15) is 9.46 Å². The lowest BCUT2D eigenvalue weighted by molar-refractivity contribution is 0.332. The molecule has 1 unspecified atom stereocenters. The summed E-state index contributed by atoms with van der Waals surface area (Å²) in [7, 11) is -3.30. The lowest BCUT2D eigenvalue weighted by atomic mass is 10.0. The van der Waals surface area contributed by atoms with E-state index in [4.69, 9.17) is 5.11 Å². The highest BCUT2D eigenvalue weighted by Crippen LogP contribution is 2.39. The second-order valence-electron chi connectivity index (χ2n) is 6.58. The first kappa shape index (κ1) is 21.4. The highest BCUT2D eigenvalue weighted by molar-refractivity contribution is 7.57. The molecule has 0 fully saturated rings. The minimum absolute atomic E-state index is 0.174. The largest absolute Gasteiger partial charge is 0.386 e. The van der Waals surface area contributed by atoms with Gasteiger partial charge in [0.2, 0.25) is 7.37 Å². The smallest absolute Gasteiger partial charge is 0.225 e. The summed E-state index contributed by atoms with van der Waals surface area (Å²) >= 11 is 0. The van der Waals surface area contributed by atoms with Crippen molar-refractivity contribution in [3.63, 3.8) is 0 Å². The van der Waals surface area contributed by atoms with Gasteiger partial charge in [0.15, 0.2) is 0 Å². The van der Waals surface area contributed by atoms with Crippen molar-refractivity contribution in [3.05, 3.63) is 35.4 Å². The maximum Gasteiger partial charge on any atom is 0.225 e. The molecule has 1 aromatic carbocycles. The van der Waals surface area contributed by atoms with E-state index in [1.54, 1.807) is 0 Å². The maximum atomic E-state index is 11.3. The Morgan fingerprint density at radius 2 is 1.58 bits per heavy atom. The molecule has 24 heavy (non-hydrogen) atoms. The van der Waals surface area contributed by atoms with Crippen molar-refractivity contribution in [1.29, 1.82) is 0 Å². The first-order valence-corrected chi connectivity index (χ1v) is 11.3. The summed E-state index contributed by atoms with van der Waals surface area (Å²) in [5.41, 5.74) is 2.63. The molecule has 4 nitrogen and oxygen atoms in total. The van der Waals surface area contributed by atoms with Gasteiger partial charge >= 0.3 is 0 Å². The predicted octanol–water partition coefficient (Wildman–Crippen LogP) is 4.29. The van der Waals surface area contributed by atoms with Gasteiger partial charge in [-0.1, -0.05) is 63.3 Å². The predicted molar refractivity (Wildman–Crippen MR) is 102 cm³/mol. The fourth-order valence-corrected chi connectivity index (χ4v) is 3.48. The average molecular weight is 355 g/mol. The van der Waals surface area contributed by atoms with Crippen LogP contribution in [0, 0.1) is 0 Å². The molecule has 0 aliphatic rings. The molecule has 0 radical (unpaired) electrons. The van der Waals surface area contributed by atoms with Crippen molar-refractivity contribution in [3.8, 4) is 0 Å². The van der Waals surface area contributed by atoms with Crippen molar-refractivity contribution in [2.24, 2.45) is 0 Å². The lowest BCUT2D eigenvalue weighted by Crippen LogP contribution is -2.16. The second kappa shape index (κ2) is 12.7. The van der Waals surface area contributed by atoms with Gasteiger partial charge in [-0.3, -0.25) is 4.57 Å². The third-order valence-corrected chi connectivity index (χ3v) is 5.71. The highest BCUT2D eigenvalue weighted by atomic mass is 31.2. The number of aliphatic hydroxyl groups is 1. The van der Waals surface area contributed by atoms with Crippen molar-refractivity contribution in [2.45, 2.75) is 64.8 Å². The van der Waals surface area contributed by atoms with E-state index in [0.29, 0.717) is 13.0 Å². The fraction of sp³-hybridized carbons (Fsp3) is 0.684. The first-order chi connectivity index (χ1) is 11.6. The van der Waals surface area contributed by atoms with Crippen LogP contribution in [0.3, 0.4) is 0 Å². The van der Waals surface area contributed by atoms with Crippen LogP contribution in [-0.2, 0) is 17.5 Å². The molecule has 0 heterocycles. The number of rotatable bonds is 14. The molecular weight excluding hydrogens is 321 g/mol. The summed E-state index contributed by atoms with van der Waals surface area (Å²) in [5, 5.41) is 12.0. The van der Waals surface area contributed by atoms with E-state index in [1.807, 2.05) is 0 Å². The van der Waals surface area contributed by atoms with Gasteiger partial charge in [0.25, 0.3) is 0 Å². The molecule has 0 saturated carbocycles. The molecule has 0 spiro atoms. The van der Waals surface area contributed by atoms with E-state index < -0.39 is 13.7 Å². The summed E-state index contributed by atoms with van der Waals surface area (Å²) in [6, 6.07) is 8.72. The summed E-state index contributed by atoms with van der Waals surface area (Å²) in [6.45, 7) is 3.70. The molecule has 1 rings (SSSR count). The zero-order valence-electron chi connectivity index (χ0n) is 15.0. The Labute approximate surface area is 147 Å². The molecule has 3 N–H and O–H groups in total. The summed E-state index contributed by atoms with van der Waals surface area (Å²) < 4.78 is 11.3. The number of hydrogen-bond donors (Lipinski definition) is 3. The van der Waals surface area contributed by atoms with E-state index in [1.165, 1.54) is 49.7 Å². The normalized spacial score (nSPS) is 13.8. The van der Waals surface area contributed by atoms with Crippen molar-refractivity contribution < 1.29 is 14.6 Å². The second-order valence-corrected chi connectivity index (χ2v) is 9.00. The van der Waals surface area contributed by atoms with Crippen LogP contribution < -0.4 is 5.32 Å². The molecule has 138 valence electrons. The van der Waals surface area contributed by atoms with E-state index in [-0.39, 0.29) is 6.16 Å². The Kier molecular flexibility index (Phi) is 11.3. The van der Waals surface area contributed by atoms with Crippen LogP contribution >= 0.6 is 7.37 Å². The Morgan fingerprint density at radius 3 is 2.25 bits per heavy atom. The third-order valence-electron chi connectivity index (χ3n) is 4.25. The van der Waals surface area contributed by atoms with Crippen molar-refractivity contribution in [1.82, 2.24) is 5.32 Å². The number of benzene rings is 1. The van der Waals surface area contributed by atoms with Gasteiger partial charge in [0, 0.05) is 12.7 Å². The zero-order valence-corrected chi connectivity index (χ0v) is 15.9. The number of aryl methyl sites for hydroxylation is 1. The van der Waals surface area contributed by atoms with E-state index >= 15 is 0 Å². The fourth-order valence-electron chi connectivity index (χ4n) is 2.69. The molecule has 0 bridgehead atoms. The summed E-state index contributed by atoms with van der Waals surface area (Å²) in [6.07, 6.45) is 9.29. The zero-order chi connectivity index (χ0) is 17.7. The molecule has 0 amide bonds. The first-order valence-electron chi connectivity index (χ1n) is 9.27. The number of aliphatic hydroxyl groups excluding tert-OH is 1. The molecule has 0 aliphatic heterocycles. The summed E-state index contributed by atoms with van der Waals surface area (Å²) in [4.78, 5) is 9.28. The van der Waals surface area contributed by atoms with E-state index in [0.717, 1.165) is 13.0 Å². The molecular formula is C19H34NO3P. The van der Waals surface area contributed by atoms with Crippen LogP contribution in [-0.4, -0.2) is 29.1 Å². The highest BCUT2D eigenvalue weighted by Gasteiger charge is 2.14. The van der Waals surface area contributed by atoms with E-state index in [2.05, 4.69) is 36.5 Å². The minimum Gasteiger partial charge on any atom is -0.386 e. The molecule has 1 aromatic rings. The van der Waals surface area contributed by atoms with Gasteiger partial charge in [0.1, 0.15) is 6.35 Å². The van der Waals surface area contributed by atoms with Gasteiger partial charge in [-0.2, -0.15) is 0 Å². The van der Waals surface area contributed by atoms with Gasteiger partial charge in [-0.25, -0.2) is 0 Å². The maximum absolute atomic E-state index is 11.3. The van der Waals surface area contributed by atoms with Gasteiger partial charge < -0.3 is 15.3 Å². The van der Waals surface area contributed by atoms with Gasteiger partial charge in [-0.05, 0) is 36.9 Å². The molecule has 0 aliphatic carbocycles. The lowest BCUT2D eigenvalue weighted by Gasteiger charge is -2.09. The van der Waals surface area contributed by atoms with Crippen LogP contribution in [0.2, 0.25) is 0 Å². The van der Waals surface area contributed by atoms with Crippen molar-refractivity contribution >= 4 is 7.37 Å². The SMILES string of the molecule is CCCCCCCCc1ccc(CNCCCP(=O)(O)CO)cc1. The Bertz CT molecular complexity index is 476. The monoisotopic (exact) mass is 355 g/mol. The molecule has 0 saturated heterocycles. The quantitative estimate of drug-likeness (QED) is 0.344. The van der Waals surface area contributed by atoms with Crippen LogP contribution in [0.4, 0.5) is 0 Å². The number of unbranched alkanes of at least 4 members (excludes halogenated alkanes) is 5. The van der Waals surface area contributed by atoms with Crippen LogP contribution in [0.25, 0.3) is 0 Å². The van der Waals surface area contributed by atoms with Crippen LogP contribution in [0.15, 0.2) is 24.3 Å². The Balaban J connectivity index is 2.12. The molecule has 1 atom stereocenters. The number of nitrogens with one attached hydrogen (secondary N) is 1. The minimum atomic E-state index is -3.30. The Hall–Kier alpha value is -0.670. The number of hydrogen-bond acceptors (Lipinski definition) is 3. The van der Waals surface area contributed by atoms with Crippen molar-refractivity contribution in [2.75, 3.05) is 19.1 Å². The van der Waals surface area contributed by atoms with Gasteiger partial charge in [0.05, 0.1) is 0 Å². The summed E-state index contributed by atoms with van der Waals surface area (Å²) in [5.74, 6) is 0. The molecule has 5 heteroatoms. The van der Waals surface area contributed by atoms with Crippen LogP contribution in [0.1, 0.15) is 63.0 Å². The standard InChI is InChI=1S/C19H34NO3P/c1-2-3-4-5-6-7-9-18-10-12-19(13-11-18)16-20-14-8-15-24(22,23)17-21/h10-13,20-21H,2-9,14-17H2,1H3,(H,22,23). The molecule has 0 aromatic heterocycles.